The Morgan fingerprint density at radius 3 is 2.32 bits per heavy atom. The molecule has 1 nitrogen and oxygen atoms in total. The van der Waals surface area contributed by atoms with E-state index in [0.717, 1.165) is 25.2 Å². The highest BCUT2D eigenvalue weighted by atomic mass is 16.1. The Bertz CT molecular complexity index is 745. The quantitative estimate of drug-likeness (QED) is 0.400. The van der Waals surface area contributed by atoms with E-state index in [2.05, 4.69) is 47.6 Å². The van der Waals surface area contributed by atoms with E-state index in [9.17, 15) is 4.79 Å². The van der Waals surface area contributed by atoms with Crippen LogP contribution in [0.3, 0.4) is 0 Å². The minimum Gasteiger partial charge on any atom is -0.299 e. The minimum atomic E-state index is 0.252. The van der Waals surface area contributed by atoms with Gasteiger partial charge in [-0.25, -0.2) is 0 Å². The predicted molar refractivity (Wildman–Crippen MR) is 116 cm³/mol. The van der Waals surface area contributed by atoms with Gasteiger partial charge in [0.2, 0.25) is 0 Å². The van der Waals surface area contributed by atoms with Crippen LogP contribution in [0.4, 0.5) is 0 Å². The van der Waals surface area contributed by atoms with Crippen molar-refractivity contribution in [3.8, 4) is 0 Å². The van der Waals surface area contributed by atoms with Crippen LogP contribution in [-0.4, -0.2) is 5.78 Å². The summed E-state index contributed by atoms with van der Waals surface area (Å²) in [5.74, 6) is 2.41. The second kappa shape index (κ2) is 5.55. The molecular formula is C27H42O. The van der Waals surface area contributed by atoms with Crippen molar-refractivity contribution in [3.63, 3.8) is 0 Å². The Hall–Kier alpha value is -0.590. The number of fused-ring (bicyclic) bond motifs is 7. The van der Waals surface area contributed by atoms with Crippen LogP contribution in [0, 0.1) is 44.8 Å². The standard InChI is InChI=1S/C27H42O/c1-23(2)13-14-24(3)15-16-26(5)18(20(24)17-23)7-8-22-25(4)11-10-21(28)19(25)9-12-27(22,26)6/h7,19-20,22H,8-17H2,1-6H3/t19-,20-,22+,24+,25+,26+,27+/m0/s1. The first kappa shape index (κ1) is 19.4. The zero-order valence-corrected chi connectivity index (χ0v) is 19.3. The summed E-state index contributed by atoms with van der Waals surface area (Å²) in [6.45, 7) is 15.4. The van der Waals surface area contributed by atoms with Gasteiger partial charge >= 0.3 is 0 Å². The third-order valence-corrected chi connectivity index (χ3v) is 11.6. The van der Waals surface area contributed by atoms with Crippen molar-refractivity contribution < 1.29 is 4.79 Å². The van der Waals surface area contributed by atoms with E-state index in [-0.39, 0.29) is 5.41 Å². The van der Waals surface area contributed by atoms with E-state index >= 15 is 0 Å². The highest BCUT2D eigenvalue weighted by Gasteiger charge is 2.66. The van der Waals surface area contributed by atoms with Crippen LogP contribution in [-0.2, 0) is 4.79 Å². The van der Waals surface area contributed by atoms with E-state index in [1.165, 1.54) is 44.9 Å². The van der Waals surface area contributed by atoms with Gasteiger partial charge in [-0.05, 0) is 96.7 Å². The van der Waals surface area contributed by atoms with E-state index in [1.807, 2.05) is 5.57 Å². The number of allylic oxidation sites excluding steroid dienone is 2. The molecule has 0 bridgehead atoms. The average Bonchev–Trinajstić information content (AvgIpc) is 2.92. The Balaban J connectivity index is 1.59. The van der Waals surface area contributed by atoms with Crippen LogP contribution in [0.25, 0.3) is 0 Å². The molecule has 156 valence electrons. The van der Waals surface area contributed by atoms with Gasteiger partial charge in [0.25, 0.3) is 0 Å². The molecule has 4 saturated carbocycles. The van der Waals surface area contributed by atoms with Gasteiger partial charge < -0.3 is 0 Å². The summed E-state index contributed by atoms with van der Waals surface area (Å²) in [7, 11) is 0. The normalized spacial score (nSPS) is 54.9. The summed E-state index contributed by atoms with van der Waals surface area (Å²) in [5, 5.41) is 0. The van der Waals surface area contributed by atoms with Gasteiger partial charge in [-0.1, -0.05) is 53.2 Å². The largest absolute Gasteiger partial charge is 0.299 e. The molecule has 0 amide bonds. The van der Waals surface area contributed by atoms with Gasteiger partial charge in [-0.3, -0.25) is 4.79 Å². The number of Topliss-reactive ketones (excluding diaryl/α,β-unsaturated/α-hetero) is 1. The zero-order chi connectivity index (χ0) is 20.2. The monoisotopic (exact) mass is 382 g/mol. The number of ketones is 1. The molecule has 0 N–H and O–H groups in total. The minimum absolute atomic E-state index is 0.252. The van der Waals surface area contributed by atoms with E-state index in [1.54, 1.807) is 0 Å². The van der Waals surface area contributed by atoms with Crippen molar-refractivity contribution in [2.75, 3.05) is 0 Å². The van der Waals surface area contributed by atoms with E-state index in [0.29, 0.717) is 39.3 Å². The third kappa shape index (κ3) is 2.23. The maximum absolute atomic E-state index is 12.6. The molecular weight excluding hydrogens is 340 g/mol. The van der Waals surface area contributed by atoms with Gasteiger partial charge in [-0.15, -0.1) is 0 Å². The maximum atomic E-state index is 12.6. The van der Waals surface area contributed by atoms with Crippen LogP contribution >= 0.6 is 0 Å². The van der Waals surface area contributed by atoms with E-state index in [4.69, 9.17) is 0 Å². The summed E-state index contributed by atoms with van der Waals surface area (Å²) >= 11 is 0. The molecule has 0 aromatic carbocycles. The molecule has 0 aromatic heterocycles. The summed E-state index contributed by atoms with van der Waals surface area (Å²) in [5.41, 5.74) is 3.82. The Morgan fingerprint density at radius 1 is 0.857 bits per heavy atom. The number of hydrogen-bond donors (Lipinski definition) is 0. The second-order valence-electron chi connectivity index (χ2n) is 13.3. The molecule has 7 atom stereocenters. The molecule has 0 saturated heterocycles. The fraction of sp³-hybridized carbons (Fsp3) is 0.889. The molecule has 1 heteroatoms. The first-order valence-corrected chi connectivity index (χ1v) is 12.2. The van der Waals surface area contributed by atoms with E-state index < -0.39 is 0 Å². The lowest BCUT2D eigenvalue weighted by atomic mass is 9.36. The van der Waals surface area contributed by atoms with Crippen molar-refractivity contribution in [1.82, 2.24) is 0 Å². The molecule has 0 radical (unpaired) electrons. The Morgan fingerprint density at radius 2 is 1.57 bits per heavy atom. The van der Waals surface area contributed by atoms with Crippen LogP contribution in [0.5, 0.6) is 0 Å². The molecule has 0 spiro atoms. The maximum Gasteiger partial charge on any atom is 0.136 e. The molecule has 0 unspecified atom stereocenters. The third-order valence-electron chi connectivity index (χ3n) is 11.6. The average molecular weight is 383 g/mol. The van der Waals surface area contributed by atoms with Crippen molar-refractivity contribution in [2.24, 2.45) is 44.8 Å². The van der Waals surface area contributed by atoms with Gasteiger partial charge in [-0.2, -0.15) is 0 Å². The molecule has 5 aliphatic rings. The molecule has 0 heterocycles. The number of carbonyl (C=O) groups is 1. The Kier molecular flexibility index (Phi) is 3.84. The van der Waals surface area contributed by atoms with Crippen molar-refractivity contribution in [3.05, 3.63) is 11.6 Å². The topological polar surface area (TPSA) is 17.1 Å². The van der Waals surface area contributed by atoms with Gasteiger partial charge in [0.15, 0.2) is 0 Å². The number of rotatable bonds is 0. The fourth-order valence-corrected chi connectivity index (χ4v) is 9.33. The summed E-state index contributed by atoms with van der Waals surface area (Å²) in [4.78, 5) is 12.6. The Labute approximate surface area is 173 Å². The first-order valence-electron chi connectivity index (χ1n) is 12.2. The van der Waals surface area contributed by atoms with Crippen LogP contribution < -0.4 is 0 Å². The summed E-state index contributed by atoms with van der Waals surface area (Å²) in [6.07, 6.45) is 15.3. The predicted octanol–water partition coefficient (Wildman–Crippen LogP) is 7.35. The van der Waals surface area contributed by atoms with Crippen LogP contribution in [0.1, 0.15) is 106 Å². The molecule has 0 aromatic rings. The summed E-state index contributed by atoms with van der Waals surface area (Å²) in [6, 6.07) is 0. The lowest BCUT2D eigenvalue weighted by Crippen LogP contribution is -2.60. The van der Waals surface area contributed by atoms with Gasteiger partial charge in [0, 0.05) is 12.3 Å². The molecule has 5 rings (SSSR count). The van der Waals surface area contributed by atoms with Crippen molar-refractivity contribution >= 4 is 5.78 Å². The molecule has 0 aliphatic heterocycles. The zero-order valence-electron chi connectivity index (χ0n) is 19.3. The molecule has 28 heavy (non-hydrogen) atoms. The van der Waals surface area contributed by atoms with Crippen LogP contribution in [0.15, 0.2) is 11.6 Å². The lowest BCUT2D eigenvalue weighted by Gasteiger charge is -2.68. The van der Waals surface area contributed by atoms with Crippen molar-refractivity contribution in [2.45, 2.75) is 106 Å². The SMILES string of the molecule is CC1(C)CC[C@]2(C)CC[C@]3(C)C(=CC[C@@H]4[C@]5(C)CCC(=O)[C@@H]5CC[C@]43C)[C@@H]2C1. The number of carbonyl (C=O) groups excluding carboxylic acids is 1. The van der Waals surface area contributed by atoms with Crippen molar-refractivity contribution in [1.29, 1.82) is 0 Å². The highest BCUT2D eigenvalue weighted by Crippen LogP contribution is 2.74. The molecule has 5 aliphatic carbocycles. The van der Waals surface area contributed by atoms with Gasteiger partial charge in [0.05, 0.1) is 0 Å². The fourth-order valence-electron chi connectivity index (χ4n) is 9.33. The second-order valence-corrected chi connectivity index (χ2v) is 13.3. The summed E-state index contributed by atoms with van der Waals surface area (Å²) < 4.78 is 0. The lowest BCUT2D eigenvalue weighted by molar-refractivity contribution is -0.147. The number of hydrogen-bond acceptors (Lipinski definition) is 1. The smallest absolute Gasteiger partial charge is 0.136 e. The molecule has 4 fully saturated rings. The van der Waals surface area contributed by atoms with Crippen LogP contribution in [0.2, 0.25) is 0 Å². The first-order chi connectivity index (χ1) is 13.0. The van der Waals surface area contributed by atoms with Gasteiger partial charge in [0.1, 0.15) is 5.78 Å². The highest BCUT2D eigenvalue weighted by molar-refractivity contribution is 5.84.